The van der Waals surface area contributed by atoms with Crippen molar-refractivity contribution in [2.75, 3.05) is 12.4 Å². The van der Waals surface area contributed by atoms with Gasteiger partial charge in [-0.25, -0.2) is 4.68 Å². The van der Waals surface area contributed by atoms with Crippen molar-refractivity contribution in [3.63, 3.8) is 0 Å². The molecule has 0 bridgehead atoms. The highest BCUT2D eigenvalue weighted by Gasteiger charge is 2.30. The van der Waals surface area contributed by atoms with E-state index in [1.807, 2.05) is 12.1 Å². The van der Waals surface area contributed by atoms with E-state index in [-0.39, 0.29) is 24.8 Å². The molecule has 6 nitrogen and oxygen atoms in total. The van der Waals surface area contributed by atoms with E-state index in [4.69, 9.17) is 9.47 Å². The lowest BCUT2D eigenvalue weighted by Crippen LogP contribution is -2.16. The van der Waals surface area contributed by atoms with Crippen LogP contribution < -0.4 is 14.8 Å². The number of aromatic nitrogens is 2. The summed E-state index contributed by atoms with van der Waals surface area (Å²) in [5.74, 6) is 0.570. The molecule has 1 heterocycles. The van der Waals surface area contributed by atoms with Gasteiger partial charge in [-0.2, -0.15) is 18.3 Å². The largest absolute Gasteiger partial charge is 0.497 e. The number of benzene rings is 2. The lowest BCUT2D eigenvalue weighted by molar-refractivity contribution is -0.137. The molecule has 1 aromatic heterocycles. The summed E-state index contributed by atoms with van der Waals surface area (Å²) in [6.07, 6.45) is -4.27. The van der Waals surface area contributed by atoms with Gasteiger partial charge >= 0.3 is 6.18 Å². The number of halogens is 3. The molecule has 0 aliphatic carbocycles. The van der Waals surface area contributed by atoms with Crippen molar-refractivity contribution in [2.24, 2.45) is 0 Å². The van der Waals surface area contributed by atoms with Crippen LogP contribution in [0.4, 0.5) is 18.9 Å². The Balaban J connectivity index is 1.65. The van der Waals surface area contributed by atoms with E-state index in [2.05, 4.69) is 10.4 Å². The predicted molar refractivity (Wildman–Crippen MR) is 109 cm³/mol. The Labute approximate surface area is 177 Å². The van der Waals surface area contributed by atoms with Gasteiger partial charge in [0.15, 0.2) is 6.73 Å². The van der Waals surface area contributed by atoms with Crippen LogP contribution in [-0.2, 0) is 24.1 Å². The maximum atomic E-state index is 12.8. The Kier molecular flexibility index (Phi) is 6.53. The number of carbonyl (C=O) groups excluding carboxylic acids is 1. The molecule has 0 saturated heterocycles. The standard InChI is InChI=1S/C22H22F3N3O3/c1-14-21(26-20(29)11-16-7-9-18(30-3)10-8-16)15(2)28(27-14)13-31-19-6-4-5-17(12-19)22(23,24)25/h4-10,12H,11,13H2,1-3H3,(H,26,29). The van der Waals surface area contributed by atoms with Crippen molar-refractivity contribution in [1.82, 2.24) is 9.78 Å². The van der Waals surface area contributed by atoms with E-state index >= 15 is 0 Å². The van der Waals surface area contributed by atoms with E-state index in [1.165, 1.54) is 16.8 Å². The number of aryl methyl sites for hydroxylation is 1. The summed E-state index contributed by atoms with van der Waals surface area (Å²) in [7, 11) is 1.57. The first-order valence-electron chi connectivity index (χ1n) is 9.44. The van der Waals surface area contributed by atoms with E-state index in [9.17, 15) is 18.0 Å². The molecule has 0 fully saturated rings. The maximum absolute atomic E-state index is 12.8. The normalized spacial score (nSPS) is 11.3. The molecule has 0 atom stereocenters. The Bertz CT molecular complexity index is 1060. The fourth-order valence-electron chi connectivity index (χ4n) is 3.01. The topological polar surface area (TPSA) is 65.4 Å². The molecule has 1 amide bonds. The zero-order valence-electron chi connectivity index (χ0n) is 17.3. The second-order valence-corrected chi connectivity index (χ2v) is 6.92. The third kappa shape index (κ3) is 5.56. The Morgan fingerprint density at radius 2 is 1.81 bits per heavy atom. The molecular weight excluding hydrogens is 411 g/mol. The number of methoxy groups -OCH3 is 1. The van der Waals surface area contributed by atoms with Crippen LogP contribution in [0, 0.1) is 13.8 Å². The molecule has 0 saturated carbocycles. The first-order valence-corrected chi connectivity index (χ1v) is 9.44. The number of alkyl halides is 3. The van der Waals surface area contributed by atoms with Gasteiger partial charge in [0, 0.05) is 0 Å². The summed E-state index contributed by atoms with van der Waals surface area (Å²) in [6, 6.07) is 11.8. The highest BCUT2D eigenvalue weighted by atomic mass is 19.4. The van der Waals surface area contributed by atoms with Gasteiger partial charge in [0.1, 0.15) is 11.5 Å². The third-order valence-electron chi connectivity index (χ3n) is 4.68. The fourth-order valence-corrected chi connectivity index (χ4v) is 3.01. The van der Waals surface area contributed by atoms with Crippen molar-refractivity contribution >= 4 is 11.6 Å². The van der Waals surface area contributed by atoms with Crippen LogP contribution in [0.2, 0.25) is 0 Å². The zero-order chi connectivity index (χ0) is 22.6. The Morgan fingerprint density at radius 3 is 2.45 bits per heavy atom. The summed E-state index contributed by atoms with van der Waals surface area (Å²) < 4.78 is 50.6. The minimum atomic E-state index is -4.45. The molecule has 3 aromatic rings. The number of nitrogens with zero attached hydrogens (tertiary/aromatic N) is 2. The number of hydrogen-bond donors (Lipinski definition) is 1. The van der Waals surface area contributed by atoms with Gasteiger partial charge in [-0.05, 0) is 49.7 Å². The Morgan fingerprint density at radius 1 is 1.10 bits per heavy atom. The highest BCUT2D eigenvalue weighted by Crippen LogP contribution is 2.31. The molecule has 3 rings (SSSR count). The monoisotopic (exact) mass is 433 g/mol. The summed E-state index contributed by atoms with van der Waals surface area (Å²) >= 11 is 0. The number of ether oxygens (including phenoxy) is 2. The SMILES string of the molecule is COc1ccc(CC(=O)Nc2c(C)nn(COc3cccc(C(F)(F)F)c3)c2C)cc1. The Hall–Kier alpha value is -3.49. The maximum Gasteiger partial charge on any atom is 0.416 e. The molecule has 9 heteroatoms. The van der Waals surface area contributed by atoms with E-state index in [0.717, 1.165) is 17.7 Å². The lowest BCUT2D eigenvalue weighted by Gasteiger charge is -2.11. The molecule has 0 radical (unpaired) electrons. The van der Waals surface area contributed by atoms with Gasteiger partial charge in [0.25, 0.3) is 0 Å². The van der Waals surface area contributed by atoms with Crippen molar-refractivity contribution in [1.29, 1.82) is 0 Å². The lowest BCUT2D eigenvalue weighted by atomic mass is 10.1. The molecular formula is C22H22F3N3O3. The van der Waals surface area contributed by atoms with E-state index in [0.29, 0.717) is 22.8 Å². The smallest absolute Gasteiger partial charge is 0.416 e. The van der Waals surface area contributed by atoms with Crippen LogP contribution in [0.15, 0.2) is 48.5 Å². The van der Waals surface area contributed by atoms with Gasteiger partial charge < -0.3 is 14.8 Å². The van der Waals surface area contributed by atoms with Crippen LogP contribution in [0.25, 0.3) is 0 Å². The quantitative estimate of drug-likeness (QED) is 0.584. The molecule has 2 aromatic carbocycles. The van der Waals surface area contributed by atoms with E-state index in [1.54, 1.807) is 33.1 Å². The van der Waals surface area contributed by atoms with Crippen LogP contribution in [0.1, 0.15) is 22.5 Å². The van der Waals surface area contributed by atoms with Gasteiger partial charge in [-0.3, -0.25) is 4.79 Å². The molecule has 164 valence electrons. The third-order valence-corrected chi connectivity index (χ3v) is 4.68. The van der Waals surface area contributed by atoms with Crippen LogP contribution in [0.5, 0.6) is 11.5 Å². The van der Waals surface area contributed by atoms with Gasteiger partial charge in [0.05, 0.1) is 36.2 Å². The first-order chi connectivity index (χ1) is 14.7. The number of carbonyl (C=O) groups is 1. The fraction of sp³-hybridized carbons (Fsp3) is 0.273. The summed E-state index contributed by atoms with van der Waals surface area (Å²) in [5.41, 5.74) is 1.80. The van der Waals surface area contributed by atoms with Crippen LogP contribution in [0.3, 0.4) is 0 Å². The number of amides is 1. The first kappa shape index (κ1) is 22.2. The summed E-state index contributed by atoms with van der Waals surface area (Å²) in [6.45, 7) is 3.39. The highest BCUT2D eigenvalue weighted by molar-refractivity contribution is 5.93. The second-order valence-electron chi connectivity index (χ2n) is 6.92. The van der Waals surface area contributed by atoms with Crippen molar-refractivity contribution in [3.8, 4) is 11.5 Å². The number of hydrogen-bond acceptors (Lipinski definition) is 4. The van der Waals surface area contributed by atoms with Gasteiger partial charge in [-0.15, -0.1) is 0 Å². The molecule has 31 heavy (non-hydrogen) atoms. The average Bonchev–Trinajstić information content (AvgIpc) is 3.00. The number of nitrogens with one attached hydrogen (secondary N) is 1. The van der Waals surface area contributed by atoms with Gasteiger partial charge in [-0.1, -0.05) is 18.2 Å². The number of rotatable bonds is 7. The molecule has 1 N–H and O–H groups in total. The minimum absolute atomic E-state index is 0.0764. The average molecular weight is 433 g/mol. The molecule has 0 aliphatic rings. The number of anilines is 1. The summed E-state index contributed by atoms with van der Waals surface area (Å²) in [5, 5.41) is 7.16. The van der Waals surface area contributed by atoms with Crippen LogP contribution >= 0.6 is 0 Å². The molecule has 0 spiro atoms. The van der Waals surface area contributed by atoms with Crippen molar-refractivity contribution in [2.45, 2.75) is 33.2 Å². The van der Waals surface area contributed by atoms with E-state index < -0.39 is 11.7 Å². The van der Waals surface area contributed by atoms with Crippen molar-refractivity contribution < 1.29 is 27.4 Å². The van der Waals surface area contributed by atoms with Crippen LogP contribution in [-0.4, -0.2) is 22.8 Å². The minimum Gasteiger partial charge on any atom is -0.497 e. The molecule has 0 unspecified atom stereocenters. The van der Waals surface area contributed by atoms with Gasteiger partial charge in [0.2, 0.25) is 5.91 Å². The second kappa shape index (κ2) is 9.11. The zero-order valence-corrected chi connectivity index (χ0v) is 17.3. The summed E-state index contributed by atoms with van der Waals surface area (Å²) in [4.78, 5) is 12.4. The van der Waals surface area contributed by atoms with Crippen molar-refractivity contribution in [3.05, 3.63) is 71.0 Å². The predicted octanol–water partition coefficient (Wildman–Crippen LogP) is 4.75. The molecule has 0 aliphatic heterocycles.